The lowest BCUT2D eigenvalue weighted by molar-refractivity contribution is -0.131. The maximum absolute atomic E-state index is 12.0. The van der Waals surface area contributed by atoms with Crippen LogP contribution < -0.4 is 10.6 Å². The Hall–Kier alpha value is -0.750. The Morgan fingerprint density at radius 3 is 2.75 bits per heavy atom. The third-order valence-electron chi connectivity index (χ3n) is 3.16. The molecule has 1 rings (SSSR count). The van der Waals surface area contributed by atoms with Gasteiger partial charge >= 0.3 is 0 Å². The molecular weight excluding hydrogens is 218 g/mol. The highest BCUT2D eigenvalue weighted by molar-refractivity contribution is 5.83. The molecule has 3 N–H and O–H groups in total. The molecule has 2 unspecified atom stereocenters. The lowest BCUT2D eigenvalue weighted by Crippen LogP contribution is -2.45. The minimum absolute atomic E-state index is 0.250. The van der Waals surface area contributed by atoms with Crippen LogP contribution in [0.15, 0.2) is 0 Å². The van der Waals surface area contributed by atoms with Crippen LogP contribution in [0.1, 0.15) is 19.8 Å². The molecule has 94 valence electrons. The van der Waals surface area contributed by atoms with Gasteiger partial charge in [-0.1, -0.05) is 6.92 Å². The average molecular weight is 236 g/mol. The summed E-state index contributed by atoms with van der Waals surface area (Å²) in [6.45, 7) is 2.84. The van der Waals surface area contributed by atoms with Crippen LogP contribution in [-0.4, -0.2) is 43.2 Å². The summed E-state index contributed by atoms with van der Waals surface area (Å²) in [7, 11) is 0. The standard InChI is InChI=1S/C10H18F2N2O2/c1-2-10(3-4-13-6-10)9(16)14-5-7(15)8(11)12/h7-8,13,15H,2-6H2,1H3,(H,14,16). The number of aliphatic hydroxyl groups is 1. The second-order valence-corrected chi connectivity index (χ2v) is 4.17. The first-order chi connectivity index (χ1) is 7.52. The molecule has 16 heavy (non-hydrogen) atoms. The van der Waals surface area contributed by atoms with Crippen LogP contribution >= 0.6 is 0 Å². The Bertz CT molecular complexity index is 243. The first kappa shape index (κ1) is 13.3. The number of aliphatic hydroxyl groups excluding tert-OH is 1. The van der Waals surface area contributed by atoms with Gasteiger partial charge in [-0.2, -0.15) is 0 Å². The van der Waals surface area contributed by atoms with E-state index in [2.05, 4.69) is 10.6 Å². The van der Waals surface area contributed by atoms with Gasteiger partial charge in [-0.05, 0) is 19.4 Å². The predicted octanol–water partition coefficient (Wildman–Crippen LogP) is 0.118. The third kappa shape index (κ3) is 2.89. The molecule has 4 nitrogen and oxygen atoms in total. The van der Waals surface area contributed by atoms with Gasteiger partial charge in [-0.25, -0.2) is 8.78 Å². The number of hydrogen-bond donors (Lipinski definition) is 3. The number of nitrogens with one attached hydrogen (secondary N) is 2. The smallest absolute Gasteiger partial charge is 0.265 e. The van der Waals surface area contributed by atoms with Crippen molar-refractivity contribution in [1.82, 2.24) is 10.6 Å². The molecule has 0 aromatic carbocycles. The van der Waals surface area contributed by atoms with Gasteiger partial charge in [-0.15, -0.1) is 0 Å². The van der Waals surface area contributed by atoms with E-state index >= 15 is 0 Å². The first-order valence-electron chi connectivity index (χ1n) is 5.47. The predicted molar refractivity (Wildman–Crippen MR) is 55.2 cm³/mol. The second kappa shape index (κ2) is 5.54. The highest BCUT2D eigenvalue weighted by Crippen LogP contribution is 2.29. The molecule has 1 aliphatic heterocycles. The molecule has 1 heterocycles. The Balaban J connectivity index is 2.45. The van der Waals surface area contributed by atoms with E-state index in [1.807, 2.05) is 6.92 Å². The molecule has 1 amide bonds. The van der Waals surface area contributed by atoms with Crippen molar-refractivity contribution in [1.29, 1.82) is 0 Å². The molecule has 2 atom stereocenters. The van der Waals surface area contributed by atoms with Crippen molar-refractivity contribution in [2.24, 2.45) is 5.41 Å². The van der Waals surface area contributed by atoms with E-state index < -0.39 is 24.5 Å². The average Bonchev–Trinajstić information content (AvgIpc) is 2.74. The summed E-state index contributed by atoms with van der Waals surface area (Å²) in [5, 5.41) is 14.4. The van der Waals surface area contributed by atoms with Crippen molar-refractivity contribution in [2.75, 3.05) is 19.6 Å². The Morgan fingerprint density at radius 2 is 2.31 bits per heavy atom. The summed E-state index contributed by atoms with van der Waals surface area (Å²) >= 11 is 0. The van der Waals surface area contributed by atoms with Gasteiger partial charge in [0.2, 0.25) is 5.91 Å². The van der Waals surface area contributed by atoms with E-state index in [0.717, 1.165) is 6.54 Å². The lowest BCUT2D eigenvalue weighted by Gasteiger charge is -2.25. The van der Waals surface area contributed by atoms with Gasteiger partial charge in [0, 0.05) is 13.1 Å². The number of carbonyl (C=O) groups is 1. The third-order valence-corrected chi connectivity index (χ3v) is 3.16. The van der Waals surface area contributed by atoms with Crippen LogP contribution in [0.2, 0.25) is 0 Å². The SMILES string of the molecule is CCC1(C(=O)NCC(O)C(F)F)CCNC1. The van der Waals surface area contributed by atoms with E-state index in [9.17, 15) is 13.6 Å². The molecule has 6 heteroatoms. The van der Waals surface area contributed by atoms with E-state index in [4.69, 9.17) is 5.11 Å². The lowest BCUT2D eigenvalue weighted by atomic mass is 9.83. The molecule has 1 saturated heterocycles. The van der Waals surface area contributed by atoms with Crippen molar-refractivity contribution >= 4 is 5.91 Å². The van der Waals surface area contributed by atoms with Crippen molar-refractivity contribution in [3.05, 3.63) is 0 Å². The van der Waals surface area contributed by atoms with Crippen LogP contribution in [0.3, 0.4) is 0 Å². The van der Waals surface area contributed by atoms with E-state index in [0.29, 0.717) is 19.4 Å². The van der Waals surface area contributed by atoms with Gasteiger partial charge in [0.15, 0.2) is 0 Å². The molecule has 1 fully saturated rings. The van der Waals surface area contributed by atoms with Gasteiger partial charge in [-0.3, -0.25) is 4.79 Å². The van der Waals surface area contributed by atoms with E-state index in [1.54, 1.807) is 0 Å². The minimum atomic E-state index is -2.82. The summed E-state index contributed by atoms with van der Waals surface area (Å²) in [5.74, 6) is -0.250. The molecular formula is C10H18F2N2O2. The van der Waals surface area contributed by atoms with E-state index in [-0.39, 0.29) is 5.91 Å². The molecule has 0 aromatic rings. The minimum Gasteiger partial charge on any atom is -0.385 e. The zero-order chi connectivity index (χ0) is 12.2. The Labute approximate surface area is 93.4 Å². The monoisotopic (exact) mass is 236 g/mol. The number of amides is 1. The number of hydrogen-bond acceptors (Lipinski definition) is 3. The quantitative estimate of drug-likeness (QED) is 0.635. The van der Waals surface area contributed by atoms with Crippen molar-refractivity contribution in [2.45, 2.75) is 32.3 Å². The van der Waals surface area contributed by atoms with Gasteiger partial charge in [0.05, 0.1) is 5.41 Å². The van der Waals surface area contributed by atoms with Crippen molar-refractivity contribution in [3.63, 3.8) is 0 Å². The number of halogens is 2. The first-order valence-corrected chi connectivity index (χ1v) is 5.47. The molecule has 0 spiro atoms. The normalized spacial score (nSPS) is 27.1. The summed E-state index contributed by atoms with van der Waals surface area (Å²) in [5.41, 5.74) is -0.498. The summed E-state index contributed by atoms with van der Waals surface area (Å²) < 4.78 is 24.0. The van der Waals surface area contributed by atoms with Gasteiger partial charge < -0.3 is 15.7 Å². The topological polar surface area (TPSA) is 61.4 Å². The van der Waals surface area contributed by atoms with Crippen molar-refractivity contribution in [3.8, 4) is 0 Å². The highest BCUT2D eigenvalue weighted by Gasteiger charge is 2.39. The Morgan fingerprint density at radius 1 is 1.62 bits per heavy atom. The number of rotatable bonds is 5. The zero-order valence-electron chi connectivity index (χ0n) is 9.30. The molecule has 1 aliphatic rings. The Kier molecular flexibility index (Phi) is 4.61. The number of alkyl halides is 2. The zero-order valence-corrected chi connectivity index (χ0v) is 9.30. The fourth-order valence-corrected chi connectivity index (χ4v) is 1.87. The molecule has 0 radical (unpaired) electrons. The fraction of sp³-hybridized carbons (Fsp3) is 0.900. The van der Waals surface area contributed by atoms with Crippen LogP contribution in [0.4, 0.5) is 8.78 Å². The van der Waals surface area contributed by atoms with Gasteiger partial charge in [0.25, 0.3) is 6.43 Å². The van der Waals surface area contributed by atoms with Crippen LogP contribution in [-0.2, 0) is 4.79 Å². The fourth-order valence-electron chi connectivity index (χ4n) is 1.87. The van der Waals surface area contributed by atoms with Crippen LogP contribution in [0.5, 0.6) is 0 Å². The van der Waals surface area contributed by atoms with Crippen LogP contribution in [0.25, 0.3) is 0 Å². The second-order valence-electron chi connectivity index (χ2n) is 4.17. The van der Waals surface area contributed by atoms with Gasteiger partial charge in [0.1, 0.15) is 6.10 Å². The van der Waals surface area contributed by atoms with E-state index in [1.165, 1.54) is 0 Å². The highest BCUT2D eigenvalue weighted by atomic mass is 19.3. The van der Waals surface area contributed by atoms with Crippen LogP contribution in [0, 0.1) is 5.41 Å². The molecule has 0 aliphatic carbocycles. The summed E-state index contributed by atoms with van der Waals surface area (Å²) in [4.78, 5) is 11.8. The summed E-state index contributed by atoms with van der Waals surface area (Å²) in [6.07, 6.45) is -3.23. The maximum atomic E-state index is 12.0. The molecule has 0 bridgehead atoms. The molecule has 0 aromatic heterocycles. The summed E-state index contributed by atoms with van der Waals surface area (Å²) in [6, 6.07) is 0. The largest absolute Gasteiger partial charge is 0.385 e. The number of carbonyl (C=O) groups excluding carboxylic acids is 1. The maximum Gasteiger partial charge on any atom is 0.265 e. The molecule has 0 saturated carbocycles. The van der Waals surface area contributed by atoms with Crippen molar-refractivity contribution < 1.29 is 18.7 Å².